The zero-order valence-electron chi connectivity index (χ0n) is 15.9. The van der Waals surface area contributed by atoms with Gasteiger partial charge in [-0.15, -0.1) is 11.3 Å². The van der Waals surface area contributed by atoms with E-state index in [1.165, 1.54) is 11.3 Å². The fourth-order valence-corrected chi connectivity index (χ4v) is 5.23. The largest absolute Gasteiger partial charge is 0.341 e. The van der Waals surface area contributed by atoms with Crippen molar-refractivity contribution in [2.24, 2.45) is 0 Å². The topological polar surface area (TPSA) is 84.3 Å². The van der Waals surface area contributed by atoms with Crippen molar-refractivity contribution in [1.29, 1.82) is 0 Å². The molecule has 9 heteroatoms. The van der Waals surface area contributed by atoms with Crippen LogP contribution in [0.4, 0.5) is 0 Å². The Morgan fingerprint density at radius 3 is 2.67 bits per heavy atom. The molecular formula is C18H26N4O3S2. The highest BCUT2D eigenvalue weighted by Crippen LogP contribution is 2.28. The van der Waals surface area contributed by atoms with Crippen molar-refractivity contribution >= 4 is 27.3 Å². The minimum Gasteiger partial charge on any atom is -0.341 e. The summed E-state index contributed by atoms with van der Waals surface area (Å²) in [6.07, 6.45) is 4.29. The molecular weight excluding hydrogens is 384 g/mol. The Balaban J connectivity index is 1.95. The van der Waals surface area contributed by atoms with Crippen LogP contribution < -0.4 is 4.72 Å². The first-order chi connectivity index (χ1) is 12.8. The number of carbonyl (C=O) groups excluding carboxylic acids is 1. The van der Waals surface area contributed by atoms with Crippen molar-refractivity contribution in [2.45, 2.75) is 57.5 Å². The molecule has 0 unspecified atom stereocenters. The van der Waals surface area contributed by atoms with Crippen molar-refractivity contribution in [2.75, 3.05) is 13.1 Å². The summed E-state index contributed by atoms with van der Waals surface area (Å²) in [5.41, 5.74) is 1.53. The number of aromatic nitrogens is 2. The monoisotopic (exact) mass is 410 g/mol. The van der Waals surface area contributed by atoms with Gasteiger partial charge in [-0.05, 0) is 39.2 Å². The molecule has 0 spiro atoms. The number of carbonyl (C=O) groups is 1. The van der Waals surface area contributed by atoms with Gasteiger partial charge in [0.15, 0.2) is 0 Å². The predicted molar refractivity (Wildman–Crippen MR) is 106 cm³/mol. The molecule has 1 aliphatic heterocycles. The van der Waals surface area contributed by atoms with Gasteiger partial charge in [-0.2, -0.15) is 0 Å². The quantitative estimate of drug-likeness (QED) is 0.760. The van der Waals surface area contributed by atoms with Crippen LogP contribution in [0.25, 0.3) is 10.7 Å². The first-order valence-electron chi connectivity index (χ1n) is 9.23. The third-order valence-electron chi connectivity index (χ3n) is 4.75. The second-order valence-corrected chi connectivity index (χ2v) is 9.57. The second-order valence-electron chi connectivity index (χ2n) is 7.00. The number of rotatable bonds is 7. The fourth-order valence-electron chi connectivity index (χ4n) is 3.04. The third-order valence-corrected chi connectivity index (χ3v) is 7.29. The Labute approximate surface area is 164 Å². The van der Waals surface area contributed by atoms with Gasteiger partial charge in [-0.25, -0.2) is 18.1 Å². The second kappa shape index (κ2) is 8.12. The maximum atomic E-state index is 12.7. The molecule has 1 amide bonds. The van der Waals surface area contributed by atoms with Gasteiger partial charge in [0.1, 0.15) is 16.4 Å². The van der Waals surface area contributed by atoms with E-state index in [0.29, 0.717) is 17.1 Å². The molecule has 2 aromatic rings. The van der Waals surface area contributed by atoms with Crippen molar-refractivity contribution in [3.63, 3.8) is 0 Å². The van der Waals surface area contributed by atoms with E-state index in [1.54, 1.807) is 16.8 Å². The molecule has 7 nitrogen and oxygen atoms in total. The zero-order valence-corrected chi connectivity index (χ0v) is 17.6. The Morgan fingerprint density at radius 1 is 1.37 bits per heavy atom. The van der Waals surface area contributed by atoms with E-state index in [9.17, 15) is 13.2 Å². The molecule has 0 radical (unpaired) electrons. The molecule has 1 N–H and O–H groups in total. The van der Waals surface area contributed by atoms with Gasteiger partial charge in [-0.1, -0.05) is 6.92 Å². The van der Waals surface area contributed by atoms with Gasteiger partial charge in [0, 0.05) is 36.4 Å². The average molecular weight is 411 g/mol. The molecule has 1 atom stereocenters. The van der Waals surface area contributed by atoms with Gasteiger partial charge in [0.05, 0.1) is 5.69 Å². The van der Waals surface area contributed by atoms with E-state index >= 15 is 0 Å². The Hall–Kier alpha value is -1.71. The summed E-state index contributed by atoms with van der Waals surface area (Å²) in [7, 11) is -3.65. The van der Waals surface area contributed by atoms with Crippen LogP contribution in [-0.2, 0) is 21.4 Å². The number of amides is 1. The molecule has 0 aromatic carbocycles. The van der Waals surface area contributed by atoms with Crippen LogP contribution in [0.2, 0.25) is 0 Å². The molecule has 2 aromatic heterocycles. The van der Waals surface area contributed by atoms with Crippen LogP contribution in [0, 0.1) is 6.92 Å². The van der Waals surface area contributed by atoms with Gasteiger partial charge in [-0.3, -0.25) is 4.79 Å². The summed E-state index contributed by atoms with van der Waals surface area (Å²) < 4.78 is 29.8. The molecule has 1 aliphatic rings. The number of sulfonamides is 1. The summed E-state index contributed by atoms with van der Waals surface area (Å²) in [4.78, 5) is 19.1. The van der Waals surface area contributed by atoms with E-state index < -0.39 is 10.0 Å². The molecule has 3 heterocycles. The average Bonchev–Trinajstić information content (AvgIpc) is 3.34. The molecule has 148 valence electrons. The van der Waals surface area contributed by atoms with Crippen molar-refractivity contribution < 1.29 is 13.2 Å². The highest BCUT2D eigenvalue weighted by molar-refractivity contribution is 7.89. The molecule has 1 saturated heterocycles. The zero-order chi connectivity index (χ0) is 19.6. The van der Waals surface area contributed by atoms with Gasteiger partial charge < -0.3 is 9.47 Å². The fraction of sp³-hybridized carbons (Fsp3) is 0.556. The number of hydrogen-bond acceptors (Lipinski definition) is 5. The lowest BCUT2D eigenvalue weighted by Crippen LogP contribution is -2.32. The predicted octanol–water partition coefficient (Wildman–Crippen LogP) is 2.62. The van der Waals surface area contributed by atoms with Crippen molar-refractivity contribution in [3.8, 4) is 10.7 Å². The number of hydrogen-bond donors (Lipinski definition) is 1. The summed E-state index contributed by atoms with van der Waals surface area (Å²) >= 11 is 1.45. The van der Waals surface area contributed by atoms with Crippen LogP contribution in [0.1, 0.15) is 38.8 Å². The molecule has 3 rings (SSSR count). The van der Waals surface area contributed by atoms with Gasteiger partial charge in [0.2, 0.25) is 15.9 Å². The number of nitrogens with zero attached hydrogens (tertiary/aromatic N) is 3. The Morgan fingerprint density at radius 2 is 2.07 bits per heavy atom. The molecule has 1 fully saturated rings. The Bertz CT molecular complexity index is 911. The molecule has 0 bridgehead atoms. The van der Waals surface area contributed by atoms with E-state index in [4.69, 9.17) is 0 Å². The SMILES string of the molecule is CC[C@H](C)NS(=O)(=O)c1cc(-c2nc(C)cs2)n(CC(=O)N2CCCC2)c1. The normalized spacial score (nSPS) is 16.0. The smallest absolute Gasteiger partial charge is 0.242 e. The maximum absolute atomic E-state index is 12.7. The number of thiazole rings is 1. The van der Waals surface area contributed by atoms with Crippen LogP contribution >= 0.6 is 11.3 Å². The lowest BCUT2D eigenvalue weighted by molar-refractivity contribution is -0.130. The highest BCUT2D eigenvalue weighted by Gasteiger charge is 2.24. The Kier molecular flexibility index (Phi) is 6.02. The number of likely N-dealkylation sites (tertiary alicyclic amines) is 1. The molecule has 27 heavy (non-hydrogen) atoms. The third kappa shape index (κ3) is 4.59. The molecule has 0 aliphatic carbocycles. The van der Waals surface area contributed by atoms with Crippen LogP contribution in [0.3, 0.4) is 0 Å². The first-order valence-corrected chi connectivity index (χ1v) is 11.6. The van der Waals surface area contributed by atoms with Crippen molar-refractivity contribution in [3.05, 3.63) is 23.3 Å². The summed E-state index contributed by atoms with van der Waals surface area (Å²) in [6.45, 7) is 7.31. The lowest BCUT2D eigenvalue weighted by atomic mass is 10.3. The number of nitrogens with one attached hydrogen (secondary N) is 1. The van der Waals surface area contributed by atoms with E-state index in [0.717, 1.165) is 31.6 Å². The van der Waals surface area contributed by atoms with E-state index in [1.807, 2.05) is 31.1 Å². The van der Waals surface area contributed by atoms with Crippen LogP contribution in [-0.4, -0.2) is 47.9 Å². The lowest BCUT2D eigenvalue weighted by Gasteiger charge is -2.16. The van der Waals surface area contributed by atoms with Gasteiger partial charge in [0.25, 0.3) is 0 Å². The molecule has 0 saturated carbocycles. The van der Waals surface area contributed by atoms with E-state index in [-0.39, 0.29) is 23.4 Å². The summed E-state index contributed by atoms with van der Waals surface area (Å²) in [6, 6.07) is 1.45. The van der Waals surface area contributed by atoms with Gasteiger partial charge >= 0.3 is 0 Å². The van der Waals surface area contributed by atoms with Crippen LogP contribution in [0.15, 0.2) is 22.5 Å². The summed E-state index contributed by atoms with van der Waals surface area (Å²) in [5, 5.41) is 2.63. The first kappa shape index (κ1) is 20.0. The maximum Gasteiger partial charge on any atom is 0.242 e. The highest BCUT2D eigenvalue weighted by atomic mass is 32.2. The van der Waals surface area contributed by atoms with Crippen LogP contribution in [0.5, 0.6) is 0 Å². The van der Waals surface area contributed by atoms with Crippen molar-refractivity contribution in [1.82, 2.24) is 19.2 Å². The minimum absolute atomic E-state index is 0.0106. The standard InChI is InChI=1S/C18H26N4O3S2/c1-4-13(2)20-27(24,25)15-9-16(18-19-14(3)12-26-18)22(10-15)11-17(23)21-7-5-6-8-21/h9-10,12-13,20H,4-8,11H2,1-3H3/t13-/m0/s1. The number of aryl methyl sites for hydroxylation is 1. The van der Waals surface area contributed by atoms with E-state index in [2.05, 4.69) is 9.71 Å². The summed E-state index contributed by atoms with van der Waals surface area (Å²) in [5.74, 6) is 0.0106. The minimum atomic E-state index is -3.65.